The molecular weight excluding hydrogens is 393 g/mol. The number of amides is 1. The van der Waals surface area contributed by atoms with Gasteiger partial charge >= 0.3 is 5.97 Å². The minimum Gasteiger partial charge on any atom is -0.481 e. The lowest BCUT2D eigenvalue weighted by Crippen LogP contribution is -2.30. The second-order valence-corrected chi connectivity index (χ2v) is 7.20. The van der Waals surface area contributed by atoms with Gasteiger partial charge in [0.1, 0.15) is 16.6 Å². The van der Waals surface area contributed by atoms with Gasteiger partial charge in [-0.3, -0.25) is 4.79 Å². The van der Waals surface area contributed by atoms with Crippen LogP contribution < -0.4 is 10.1 Å². The second kappa shape index (κ2) is 9.34. The van der Waals surface area contributed by atoms with Crippen LogP contribution in [0, 0.1) is 5.82 Å². The van der Waals surface area contributed by atoms with Crippen molar-refractivity contribution in [2.45, 2.75) is 20.0 Å². The fourth-order valence-corrected chi connectivity index (χ4v) is 3.63. The molecule has 0 aliphatic rings. The van der Waals surface area contributed by atoms with E-state index in [1.54, 1.807) is 19.9 Å². The van der Waals surface area contributed by atoms with Gasteiger partial charge in [0.2, 0.25) is 0 Å². The number of anilines is 1. The van der Waals surface area contributed by atoms with Crippen LogP contribution in [-0.2, 0) is 9.53 Å². The van der Waals surface area contributed by atoms with Gasteiger partial charge in [-0.1, -0.05) is 30.3 Å². The first-order valence-electron chi connectivity index (χ1n) is 9.07. The summed E-state index contributed by atoms with van der Waals surface area (Å²) < 4.78 is 23.7. The Morgan fingerprint density at radius 1 is 1.10 bits per heavy atom. The van der Waals surface area contributed by atoms with Gasteiger partial charge in [-0.25, -0.2) is 9.18 Å². The number of hydrogen-bond donors (Lipinski definition) is 1. The Labute approximate surface area is 172 Å². The Morgan fingerprint density at radius 2 is 1.79 bits per heavy atom. The van der Waals surface area contributed by atoms with Crippen LogP contribution >= 0.6 is 11.3 Å². The third kappa shape index (κ3) is 5.20. The van der Waals surface area contributed by atoms with Gasteiger partial charge in [-0.15, -0.1) is 11.3 Å². The van der Waals surface area contributed by atoms with E-state index >= 15 is 0 Å². The van der Waals surface area contributed by atoms with Crippen molar-refractivity contribution in [3.63, 3.8) is 0 Å². The van der Waals surface area contributed by atoms with Gasteiger partial charge in [0, 0.05) is 4.88 Å². The van der Waals surface area contributed by atoms with E-state index in [0.717, 1.165) is 10.4 Å². The highest BCUT2D eigenvalue weighted by atomic mass is 32.1. The third-order valence-corrected chi connectivity index (χ3v) is 5.12. The molecule has 1 N–H and O–H groups in total. The number of ether oxygens (including phenoxy) is 2. The number of nitrogens with one attached hydrogen (secondary N) is 1. The third-order valence-electron chi connectivity index (χ3n) is 4.02. The van der Waals surface area contributed by atoms with Crippen molar-refractivity contribution in [2.75, 3.05) is 11.9 Å². The van der Waals surface area contributed by atoms with Crippen LogP contribution in [0.15, 0.2) is 60.7 Å². The molecule has 1 aromatic heterocycles. The SMILES string of the molecule is CCOC(=O)c1cc(-c2ccccc2)sc1NC(=O)C(C)Oc1ccc(F)cc1. The van der Waals surface area contributed by atoms with Crippen LogP contribution in [0.3, 0.4) is 0 Å². The molecule has 0 saturated carbocycles. The first-order valence-corrected chi connectivity index (χ1v) is 9.89. The monoisotopic (exact) mass is 413 g/mol. The Hall–Kier alpha value is -3.19. The fourth-order valence-electron chi connectivity index (χ4n) is 2.57. The molecule has 150 valence electrons. The molecule has 29 heavy (non-hydrogen) atoms. The van der Waals surface area contributed by atoms with Crippen molar-refractivity contribution in [3.8, 4) is 16.2 Å². The largest absolute Gasteiger partial charge is 0.481 e. The van der Waals surface area contributed by atoms with Gasteiger partial charge in [0.15, 0.2) is 6.10 Å². The highest BCUT2D eigenvalue weighted by molar-refractivity contribution is 7.20. The normalized spacial score (nSPS) is 11.6. The molecule has 3 aromatic rings. The number of halogens is 1. The maximum Gasteiger partial charge on any atom is 0.341 e. The summed E-state index contributed by atoms with van der Waals surface area (Å²) >= 11 is 1.28. The maximum atomic E-state index is 13.0. The van der Waals surface area contributed by atoms with Gasteiger partial charge < -0.3 is 14.8 Å². The van der Waals surface area contributed by atoms with Crippen LogP contribution in [0.25, 0.3) is 10.4 Å². The average Bonchev–Trinajstić information content (AvgIpc) is 3.14. The predicted octanol–water partition coefficient (Wildman–Crippen LogP) is 5.14. The highest BCUT2D eigenvalue weighted by Gasteiger charge is 2.22. The molecule has 3 rings (SSSR count). The van der Waals surface area contributed by atoms with E-state index in [1.807, 2.05) is 30.3 Å². The zero-order chi connectivity index (χ0) is 20.8. The molecule has 1 amide bonds. The molecule has 0 spiro atoms. The molecule has 1 atom stereocenters. The summed E-state index contributed by atoms with van der Waals surface area (Å²) in [6.45, 7) is 3.53. The number of carbonyl (C=O) groups is 2. The van der Waals surface area contributed by atoms with Crippen LogP contribution in [0.1, 0.15) is 24.2 Å². The van der Waals surface area contributed by atoms with Crippen molar-refractivity contribution >= 4 is 28.2 Å². The summed E-state index contributed by atoms with van der Waals surface area (Å²) in [6, 6.07) is 16.7. The second-order valence-electron chi connectivity index (χ2n) is 6.14. The first kappa shape index (κ1) is 20.5. The topological polar surface area (TPSA) is 64.6 Å². The molecule has 0 aliphatic carbocycles. The first-order chi connectivity index (χ1) is 14.0. The van der Waals surface area contributed by atoms with Gasteiger partial charge in [-0.05, 0) is 49.7 Å². The summed E-state index contributed by atoms with van der Waals surface area (Å²) in [5, 5.41) is 3.14. The minimum absolute atomic E-state index is 0.229. The zero-order valence-electron chi connectivity index (χ0n) is 16.0. The van der Waals surface area contributed by atoms with E-state index in [1.165, 1.54) is 35.6 Å². The lowest BCUT2D eigenvalue weighted by Gasteiger charge is -2.14. The summed E-state index contributed by atoms with van der Waals surface area (Å²) in [6.07, 6.45) is -0.849. The number of benzene rings is 2. The number of esters is 1. The lowest BCUT2D eigenvalue weighted by atomic mass is 10.1. The van der Waals surface area contributed by atoms with Crippen LogP contribution in [0.5, 0.6) is 5.75 Å². The Morgan fingerprint density at radius 3 is 2.45 bits per heavy atom. The van der Waals surface area contributed by atoms with E-state index < -0.39 is 18.0 Å². The highest BCUT2D eigenvalue weighted by Crippen LogP contribution is 2.36. The van der Waals surface area contributed by atoms with E-state index in [0.29, 0.717) is 10.8 Å². The van der Waals surface area contributed by atoms with Gasteiger partial charge in [-0.2, -0.15) is 0 Å². The van der Waals surface area contributed by atoms with E-state index in [9.17, 15) is 14.0 Å². The quantitative estimate of drug-likeness (QED) is 0.545. The number of thiophene rings is 1. The van der Waals surface area contributed by atoms with Crippen LogP contribution in [0.4, 0.5) is 9.39 Å². The predicted molar refractivity (Wildman–Crippen MR) is 111 cm³/mol. The Balaban J connectivity index is 1.80. The van der Waals surface area contributed by atoms with Crippen LogP contribution in [-0.4, -0.2) is 24.6 Å². The summed E-state index contributed by atoms with van der Waals surface area (Å²) in [4.78, 5) is 25.8. The van der Waals surface area contributed by atoms with Crippen LogP contribution in [0.2, 0.25) is 0 Å². The summed E-state index contributed by atoms with van der Waals surface area (Å²) in [7, 11) is 0. The molecule has 0 radical (unpaired) electrons. The molecule has 5 nitrogen and oxygen atoms in total. The molecule has 0 fully saturated rings. The van der Waals surface area contributed by atoms with Gasteiger partial charge in [0.25, 0.3) is 5.91 Å². The summed E-state index contributed by atoms with van der Waals surface area (Å²) in [5.74, 6) is -0.953. The maximum absolute atomic E-state index is 13.0. The van der Waals surface area contributed by atoms with Crippen molar-refractivity contribution in [1.29, 1.82) is 0 Å². The molecule has 0 aliphatic heterocycles. The molecule has 1 heterocycles. The Kier molecular flexibility index (Phi) is 6.61. The van der Waals surface area contributed by atoms with E-state index in [2.05, 4.69) is 5.32 Å². The zero-order valence-corrected chi connectivity index (χ0v) is 16.8. The molecule has 2 aromatic carbocycles. The molecule has 0 bridgehead atoms. The lowest BCUT2D eigenvalue weighted by molar-refractivity contribution is -0.122. The fraction of sp³-hybridized carbons (Fsp3) is 0.182. The smallest absolute Gasteiger partial charge is 0.341 e. The van der Waals surface area contributed by atoms with Gasteiger partial charge in [0.05, 0.1) is 12.2 Å². The van der Waals surface area contributed by atoms with E-state index in [-0.39, 0.29) is 18.0 Å². The average molecular weight is 413 g/mol. The minimum atomic E-state index is -0.849. The molecule has 7 heteroatoms. The number of rotatable bonds is 7. The van der Waals surface area contributed by atoms with E-state index in [4.69, 9.17) is 9.47 Å². The van der Waals surface area contributed by atoms with Crippen molar-refractivity contribution < 1.29 is 23.5 Å². The van der Waals surface area contributed by atoms with Crippen molar-refractivity contribution in [3.05, 3.63) is 72.0 Å². The molecule has 0 saturated heterocycles. The van der Waals surface area contributed by atoms with Crippen molar-refractivity contribution in [1.82, 2.24) is 0 Å². The molecule has 1 unspecified atom stereocenters. The standard InChI is InChI=1S/C22H20FNO4S/c1-3-27-22(26)18-13-19(15-7-5-4-6-8-15)29-21(18)24-20(25)14(2)28-17-11-9-16(23)10-12-17/h4-14H,3H2,1-2H3,(H,24,25). The number of carbonyl (C=O) groups excluding carboxylic acids is 2. The molecular formula is C22H20FNO4S. The van der Waals surface area contributed by atoms with Crippen molar-refractivity contribution in [2.24, 2.45) is 0 Å². The summed E-state index contributed by atoms with van der Waals surface area (Å²) in [5.41, 5.74) is 1.22. The Bertz CT molecular complexity index is 986. The number of hydrogen-bond acceptors (Lipinski definition) is 5.